The maximum absolute atomic E-state index is 12.8. The lowest BCUT2D eigenvalue weighted by molar-refractivity contribution is -0.139. The van der Waals surface area contributed by atoms with E-state index in [9.17, 15) is 14.4 Å². The topological polar surface area (TPSA) is 81.8 Å². The van der Waals surface area contributed by atoms with Crippen LogP contribution in [0.5, 0.6) is 0 Å². The highest BCUT2D eigenvalue weighted by molar-refractivity contribution is 7.09. The third-order valence-electron chi connectivity index (χ3n) is 4.55. The average Bonchev–Trinajstić information content (AvgIpc) is 3.25. The van der Waals surface area contributed by atoms with Crippen LogP contribution in [-0.4, -0.2) is 40.8 Å². The summed E-state index contributed by atoms with van der Waals surface area (Å²) in [6, 6.07) is 12.3. The van der Waals surface area contributed by atoms with Gasteiger partial charge in [0.1, 0.15) is 5.54 Å². The van der Waals surface area contributed by atoms with Crippen molar-refractivity contribution in [1.29, 1.82) is 0 Å². The van der Waals surface area contributed by atoms with Crippen molar-refractivity contribution in [2.45, 2.75) is 25.9 Å². The van der Waals surface area contributed by atoms with Crippen molar-refractivity contribution in [3.8, 4) is 0 Å². The lowest BCUT2D eigenvalue weighted by Gasteiger charge is -2.23. The predicted molar refractivity (Wildman–Crippen MR) is 103 cm³/mol. The molecule has 0 spiro atoms. The van der Waals surface area contributed by atoms with Crippen LogP contribution in [0, 0.1) is 0 Å². The molecule has 1 aliphatic heterocycles. The van der Waals surface area contributed by atoms with Gasteiger partial charge in [0.25, 0.3) is 11.8 Å². The predicted octanol–water partition coefficient (Wildman–Crippen LogP) is 2.07. The summed E-state index contributed by atoms with van der Waals surface area (Å²) in [5.74, 6) is -0.914. The molecule has 0 aliphatic carbocycles. The smallest absolute Gasteiger partial charge is 0.318 e. The van der Waals surface area contributed by atoms with Gasteiger partial charge in [-0.05, 0) is 30.5 Å². The van der Waals surface area contributed by atoms with E-state index in [0.29, 0.717) is 18.7 Å². The van der Waals surface area contributed by atoms with Crippen molar-refractivity contribution in [1.82, 2.24) is 20.7 Å². The van der Waals surface area contributed by atoms with E-state index in [1.807, 2.05) is 35.4 Å². The Bertz CT molecular complexity index is 825. The SMILES string of the molecule is CCN(CC(=O)NN1C(=O)N[C@](C)(c2ccccc2)C1=O)Cc1cccs1. The Morgan fingerprint density at radius 2 is 1.96 bits per heavy atom. The second kappa shape index (κ2) is 7.89. The normalized spacial score (nSPS) is 19.4. The maximum Gasteiger partial charge on any atom is 0.344 e. The number of carbonyl (C=O) groups is 3. The van der Waals surface area contributed by atoms with Crippen molar-refractivity contribution in [3.05, 3.63) is 58.3 Å². The standard InChI is InChI=1S/C19H22N4O3S/c1-3-22(12-15-10-7-11-27-15)13-16(24)21-23-17(25)19(2,20-18(23)26)14-8-5-4-6-9-14/h4-11H,3,12-13H2,1-2H3,(H,20,26)(H,21,24)/t19-/m1/s1. The molecule has 0 unspecified atom stereocenters. The van der Waals surface area contributed by atoms with Crippen LogP contribution in [0.15, 0.2) is 47.8 Å². The molecule has 142 valence electrons. The molecule has 8 heteroatoms. The monoisotopic (exact) mass is 386 g/mol. The van der Waals surface area contributed by atoms with E-state index in [1.165, 1.54) is 0 Å². The van der Waals surface area contributed by atoms with E-state index in [-0.39, 0.29) is 6.54 Å². The van der Waals surface area contributed by atoms with Crippen LogP contribution >= 0.6 is 11.3 Å². The summed E-state index contributed by atoms with van der Waals surface area (Å²) in [6.07, 6.45) is 0. The number of rotatable bonds is 7. The minimum absolute atomic E-state index is 0.0908. The number of urea groups is 1. The summed E-state index contributed by atoms with van der Waals surface area (Å²) in [5, 5.41) is 5.43. The molecule has 2 aromatic rings. The molecular formula is C19H22N4O3S. The molecule has 7 nitrogen and oxygen atoms in total. The fourth-order valence-corrected chi connectivity index (χ4v) is 3.72. The van der Waals surface area contributed by atoms with Gasteiger partial charge >= 0.3 is 6.03 Å². The van der Waals surface area contributed by atoms with Crippen molar-refractivity contribution >= 4 is 29.2 Å². The molecule has 3 rings (SSSR count). The lowest BCUT2D eigenvalue weighted by Crippen LogP contribution is -2.50. The second-order valence-electron chi connectivity index (χ2n) is 6.48. The van der Waals surface area contributed by atoms with Crippen LogP contribution in [0.1, 0.15) is 24.3 Å². The number of carbonyl (C=O) groups excluding carboxylic acids is 3. The van der Waals surface area contributed by atoms with Crippen LogP contribution in [0.3, 0.4) is 0 Å². The lowest BCUT2D eigenvalue weighted by atomic mass is 9.92. The summed E-state index contributed by atoms with van der Waals surface area (Å²) >= 11 is 1.62. The highest BCUT2D eigenvalue weighted by Crippen LogP contribution is 2.27. The van der Waals surface area contributed by atoms with Gasteiger partial charge in [-0.15, -0.1) is 11.3 Å². The molecule has 1 fully saturated rings. The number of nitrogens with zero attached hydrogens (tertiary/aromatic N) is 2. The summed E-state index contributed by atoms with van der Waals surface area (Å²) in [7, 11) is 0. The Morgan fingerprint density at radius 3 is 2.59 bits per heavy atom. The molecule has 2 heterocycles. The van der Waals surface area contributed by atoms with Gasteiger partial charge in [0, 0.05) is 11.4 Å². The van der Waals surface area contributed by atoms with E-state index in [2.05, 4.69) is 10.7 Å². The van der Waals surface area contributed by atoms with Gasteiger partial charge in [0.15, 0.2) is 0 Å². The zero-order chi connectivity index (χ0) is 19.4. The third kappa shape index (κ3) is 4.01. The van der Waals surface area contributed by atoms with E-state index >= 15 is 0 Å². The van der Waals surface area contributed by atoms with Crippen LogP contribution in [0.25, 0.3) is 0 Å². The first-order chi connectivity index (χ1) is 12.9. The second-order valence-corrected chi connectivity index (χ2v) is 7.51. The van der Waals surface area contributed by atoms with Crippen LogP contribution in [-0.2, 0) is 21.7 Å². The number of nitrogens with one attached hydrogen (secondary N) is 2. The summed E-state index contributed by atoms with van der Waals surface area (Å²) in [5.41, 5.74) is 1.90. The third-order valence-corrected chi connectivity index (χ3v) is 5.41. The van der Waals surface area contributed by atoms with Gasteiger partial charge in [-0.25, -0.2) is 4.79 Å². The molecule has 27 heavy (non-hydrogen) atoms. The molecular weight excluding hydrogens is 364 g/mol. The van der Waals surface area contributed by atoms with Gasteiger partial charge < -0.3 is 5.32 Å². The zero-order valence-electron chi connectivity index (χ0n) is 15.3. The Morgan fingerprint density at radius 1 is 1.22 bits per heavy atom. The molecule has 1 aliphatic rings. The number of amides is 4. The highest BCUT2D eigenvalue weighted by Gasteiger charge is 2.49. The number of imide groups is 1. The van der Waals surface area contributed by atoms with Gasteiger partial charge in [0.2, 0.25) is 0 Å². The largest absolute Gasteiger partial charge is 0.344 e. The first-order valence-corrected chi connectivity index (χ1v) is 9.58. The summed E-state index contributed by atoms with van der Waals surface area (Å²) < 4.78 is 0. The van der Waals surface area contributed by atoms with Gasteiger partial charge in [-0.3, -0.25) is 19.9 Å². The Hall–Kier alpha value is -2.71. The first-order valence-electron chi connectivity index (χ1n) is 8.70. The number of thiophene rings is 1. The van der Waals surface area contributed by atoms with Crippen LogP contribution in [0.2, 0.25) is 0 Å². The Kier molecular flexibility index (Phi) is 5.57. The Labute approximate surface area is 161 Å². The first kappa shape index (κ1) is 19.1. The number of hydrogen-bond acceptors (Lipinski definition) is 5. The Balaban J connectivity index is 1.65. The molecule has 0 saturated carbocycles. The van der Waals surface area contributed by atoms with Crippen molar-refractivity contribution in [2.75, 3.05) is 13.1 Å². The van der Waals surface area contributed by atoms with Crippen LogP contribution < -0.4 is 10.7 Å². The van der Waals surface area contributed by atoms with E-state index in [1.54, 1.807) is 42.5 Å². The fourth-order valence-electron chi connectivity index (χ4n) is 2.97. The molecule has 0 bridgehead atoms. The van der Waals surface area contributed by atoms with Crippen molar-refractivity contribution in [2.24, 2.45) is 0 Å². The molecule has 1 saturated heterocycles. The summed E-state index contributed by atoms with van der Waals surface area (Å²) in [4.78, 5) is 40.6. The molecule has 2 N–H and O–H groups in total. The van der Waals surface area contributed by atoms with Gasteiger partial charge in [-0.1, -0.05) is 43.3 Å². The molecule has 4 amide bonds. The summed E-state index contributed by atoms with van der Waals surface area (Å²) in [6.45, 7) is 5.00. The quantitative estimate of drug-likeness (QED) is 0.714. The number of likely N-dealkylation sites (N-methyl/N-ethyl adjacent to an activating group) is 1. The van der Waals surface area contributed by atoms with Crippen molar-refractivity contribution < 1.29 is 14.4 Å². The fraction of sp³-hybridized carbons (Fsp3) is 0.316. The molecule has 1 aromatic heterocycles. The number of benzene rings is 1. The van der Waals surface area contributed by atoms with E-state index < -0.39 is 23.4 Å². The van der Waals surface area contributed by atoms with E-state index in [0.717, 1.165) is 9.89 Å². The van der Waals surface area contributed by atoms with Gasteiger partial charge in [-0.2, -0.15) is 5.01 Å². The number of hydrazine groups is 1. The zero-order valence-corrected chi connectivity index (χ0v) is 16.1. The molecule has 0 radical (unpaired) electrons. The van der Waals surface area contributed by atoms with Crippen LogP contribution in [0.4, 0.5) is 4.79 Å². The van der Waals surface area contributed by atoms with Gasteiger partial charge in [0.05, 0.1) is 6.54 Å². The molecule has 1 aromatic carbocycles. The minimum Gasteiger partial charge on any atom is -0.318 e. The number of hydrogen-bond donors (Lipinski definition) is 2. The highest BCUT2D eigenvalue weighted by atomic mass is 32.1. The van der Waals surface area contributed by atoms with E-state index in [4.69, 9.17) is 0 Å². The molecule has 1 atom stereocenters. The minimum atomic E-state index is -1.20. The maximum atomic E-state index is 12.8. The average molecular weight is 386 g/mol. The van der Waals surface area contributed by atoms with Crippen molar-refractivity contribution in [3.63, 3.8) is 0 Å².